The van der Waals surface area contributed by atoms with Gasteiger partial charge in [0.25, 0.3) is 10.0 Å². The highest BCUT2D eigenvalue weighted by atomic mass is 32.2. The van der Waals surface area contributed by atoms with E-state index in [2.05, 4.69) is 0 Å². The van der Waals surface area contributed by atoms with E-state index in [0.29, 0.717) is 17.0 Å². The molecular weight excluding hydrogens is 474 g/mol. The Morgan fingerprint density at radius 2 is 1.79 bits per heavy atom. The van der Waals surface area contributed by atoms with Crippen molar-refractivity contribution in [3.63, 3.8) is 0 Å². The number of thiophene rings is 1. The minimum absolute atomic E-state index is 0.248. The van der Waals surface area contributed by atoms with Crippen LogP contribution in [0.4, 0.5) is 5.69 Å². The van der Waals surface area contributed by atoms with Crippen LogP contribution in [0.25, 0.3) is 0 Å². The highest BCUT2D eigenvalue weighted by molar-refractivity contribution is 7.94. The standard InChI is InChI=1S/C25H25NO6S2/c1-17(25(28)20-9-8-18-5-3-6-19(18)15-20)32-23(27)16-31-22-12-10-21(11-13-22)26(2)34(29,30)24-7-4-14-33-24/h4,7-15,17H,3,5-6,16H2,1-2H3. The minimum atomic E-state index is -3.63. The zero-order valence-electron chi connectivity index (χ0n) is 18.9. The van der Waals surface area contributed by atoms with Crippen molar-refractivity contribution in [1.29, 1.82) is 0 Å². The molecule has 9 heteroatoms. The van der Waals surface area contributed by atoms with E-state index in [9.17, 15) is 18.0 Å². The maximum absolute atomic E-state index is 12.7. The van der Waals surface area contributed by atoms with Gasteiger partial charge in [-0.3, -0.25) is 9.10 Å². The zero-order valence-corrected chi connectivity index (χ0v) is 20.5. The Balaban J connectivity index is 1.30. The largest absolute Gasteiger partial charge is 0.482 e. The van der Waals surface area contributed by atoms with E-state index >= 15 is 0 Å². The van der Waals surface area contributed by atoms with Crippen LogP contribution in [0, 0.1) is 0 Å². The Labute approximate surface area is 203 Å². The lowest BCUT2D eigenvalue weighted by Gasteiger charge is -2.18. The van der Waals surface area contributed by atoms with E-state index in [4.69, 9.17) is 9.47 Å². The molecule has 0 saturated heterocycles. The number of carbonyl (C=O) groups is 2. The Hall–Kier alpha value is -3.17. The number of anilines is 1. The fourth-order valence-corrected chi connectivity index (χ4v) is 6.18. The Kier molecular flexibility index (Phi) is 7.04. The van der Waals surface area contributed by atoms with Crippen molar-refractivity contribution in [2.45, 2.75) is 36.5 Å². The SMILES string of the molecule is CC(OC(=O)COc1ccc(N(C)S(=O)(=O)c2cccs2)cc1)C(=O)c1ccc2c(c1)CCC2. The van der Waals surface area contributed by atoms with Crippen LogP contribution in [0.3, 0.4) is 0 Å². The number of Topliss-reactive ketones (excluding diaryl/α,β-unsaturated/α-hetero) is 1. The number of esters is 1. The van der Waals surface area contributed by atoms with E-state index in [0.717, 1.165) is 30.6 Å². The molecule has 3 aromatic rings. The molecule has 178 valence electrons. The average molecular weight is 500 g/mol. The minimum Gasteiger partial charge on any atom is -0.482 e. The molecule has 1 heterocycles. The fourth-order valence-electron chi connectivity index (χ4n) is 3.82. The average Bonchev–Trinajstić information content (AvgIpc) is 3.54. The summed E-state index contributed by atoms with van der Waals surface area (Å²) in [6.45, 7) is 1.18. The van der Waals surface area contributed by atoms with Crippen molar-refractivity contribution in [3.05, 3.63) is 76.7 Å². The molecule has 0 N–H and O–H groups in total. The van der Waals surface area contributed by atoms with Crippen LogP contribution in [0.15, 0.2) is 64.2 Å². The lowest BCUT2D eigenvalue weighted by Crippen LogP contribution is -2.27. The number of hydrogen-bond donors (Lipinski definition) is 0. The first-order chi connectivity index (χ1) is 16.3. The second kappa shape index (κ2) is 9.99. The van der Waals surface area contributed by atoms with Gasteiger partial charge in [-0.05, 0) is 79.1 Å². The normalized spacial score (nSPS) is 13.7. The van der Waals surface area contributed by atoms with E-state index in [1.807, 2.05) is 12.1 Å². The van der Waals surface area contributed by atoms with Crippen molar-refractivity contribution >= 4 is 38.8 Å². The van der Waals surface area contributed by atoms with Gasteiger partial charge in [-0.2, -0.15) is 0 Å². The molecule has 0 saturated carbocycles. The van der Waals surface area contributed by atoms with Gasteiger partial charge >= 0.3 is 5.97 Å². The van der Waals surface area contributed by atoms with Crippen molar-refractivity contribution in [2.24, 2.45) is 0 Å². The third-order valence-corrected chi connectivity index (χ3v) is 8.89. The molecule has 0 amide bonds. The summed E-state index contributed by atoms with van der Waals surface area (Å²) >= 11 is 1.15. The van der Waals surface area contributed by atoms with E-state index in [1.54, 1.807) is 54.8 Å². The van der Waals surface area contributed by atoms with E-state index in [1.165, 1.54) is 22.5 Å². The maximum Gasteiger partial charge on any atom is 0.344 e. The van der Waals surface area contributed by atoms with Crippen LogP contribution in [0.1, 0.15) is 34.8 Å². The number of ketones is 1. The summed E-state index contributed by atoms with van der Waals surface area (Å²) in [6.07, 6.45) is 2.17. The van der Waals surface area contributed by atoms with E-state index in [-0.39, 0.29) is 16.6 Å². The highest BCUT2D eigenvalue weighted by Gasteiger charge is 2.23. The molecule has 4 rings (SSSR count). The molecule has 34 heavy (non-hydrogen) atoms. The summed E-state index contributed by atoms with van der Waals surface area (Å²) in [6, 6.07) is 15.2. The van der Waals surface area contributed by atoms with Crippen LogP contribution >= 0.6 is 11.3 Å². The summed E-state index contributed by atoms with van der Waals surface area (Å²) in [5, 5.41) is 1.71. The summed E-state index contributed by atoms with van der Waals surface area (Å²) in [5.74, 6) is -0.536. The van der Waals surface area contributed by atoms with Gasteiger partial charge in [0.2, 0.25) is 5.78 Å². The van der Waals surface area contributed by atoms with Crippen LogP contribution < -0.4 is 9.04 Å². The topological polar surface area (TPSA) is 90.0 Å². The third-order valence-electron chi connectivity index (χ3n) is 5.73. The third kappa shape index (κ3) is 5.15. The summed E-state index contributed by atoms with van der Waals surface area (Å²) in [4.78, 5) is 24.9. The van der Waals surface area contributed by atoms with Crippen molar-refractivity contribution in [3.8, 4) is 5.75 Å². The van der Waals surface area contributed by atoms with Crippen LogP contribution in [-0.4, -0.2) is 39.9 Å². The number of nitrogens with zero attached hydrogens (tertiary/aromatic N) is 1. The van der Waals surface area contributed by atoms with Crippen molar-refractivity contribution < 1.29 is 27.5 Å². The quantitative estimate of drug-likeness (QED) is 0.323. The first-order valence-electron chi connectivity index (χ1n) is 10.9. The first kappa shape index (κ1) is 24.0. The second-order valence-corrected chi connectivity index (χ2v) is 11.2. The predicted molar refractivity (Wildman–Crippen MR) is 130 cm³/mol. The van der Waals surface area contributed by atoms with Crippen molar-refractivity contribution in [1.82, 2.24) is 0 Å². The fraction of sp³-hybridized carbons (Fsp3) is 0.280. The van der Waals surface area contributed by atoms with Crippen LogP contribution in [0.2, 0.25) is 0 Å². The second-order valence-electron chi connectivity index (χ2n) is 8.02. The van der Waals surface area contributed by atoms with Crippen LogP contribution in [-0.2, 0) is 32.4 Å². The summed E-state index contributed by atoms with van der Waals surface area (Å²) in [5.41, 5.74) is 3.46. The lowest BCUT2D eigenvalue weighted by atomic mass is 10.0. The van der Waals surface area contributed by atoms with Gasteiger partial charge < -0.3 is 9.47 Å². The first-order valence-corrected chi connectivity index (χ1v) is 13.2. The molecule has 0 spiro atoms. The molecule has 1 atom stereocenters. The molecule has 2 aromatic carbocycles. The number of benzene rings is 2. The molecule has 1 aliphatic carbocycles. The number of aryl methyl sites for hydroxylation is 2. The number of fused-ring (bicyclic) bond motifs is 1. The van der Waals surface area contributed by atoms with Gasteiger partial charge in [0, 0.05) is 12.6 Å². The molecule has 0 aliphatic heterocycles. The Bertz CT molecular complexity index is 1280. The number of rotatable bonds is 9. The van der Waals surface area contributed by atoms with E-state index < -0.39 is 22.1 Å². The monoisotopic (exact) mass is 499 g/mol. The molecule has 1 aromatic heterocycles. The highest BCUT2D eigenvalue weighted by Crippen LogP contribution is 2.27. The van der Waals surface area contributed by atoms with Gasteiger partial charge in [-0.25, -0.2) is 13.2 Å². The molecule has 0 radical (unpaired) electrons. The summed E-state index contributed by atoms with van der Waals surface area (Å²) in [7, 11) is -2.16. The maximum atomic E-state index is 12.7. The molecule has 0 bridgehead atoms. The zero-order chi connectivity index (χ0) is 24.3. The smallest absolute Gasteiger partial charge is 0.344 e. The van der Waals surface area contributed by atoms with Gasteiger partial charge in [0.15, 0.2) is 12.7 Å². The number of sulfonamides is 1. The van der Waals surface area contributed by atoms with Crippen LogP contribution in [0.5, 0.6) is 5.75 Å². The van der Waals surface area contributed by atoms with Gasteiger partial charge in [0.1, 0.15) is 9.96 Å². The van der Waals surface area contributed by atoms with Gasteiger partial charge in [-0.15, -0.1) is 11.3 Å². The number of ether oxygens (including phenoxy) is 2. The van der Waals surface area contributed by atoms with Gasteiger partial charge in [0.05, 0.1) is 5.69 Å². The molecular formula is C25H25NO6S2. The number of carbonyl (C=O) groups excluding carboxylic acids is 2. The Morgan fingerprint density at radius 1 is 1.06 bits per heavy atom. The lowest BCUT2D eigenvalue weighted by molar-refractivity contribution is -0.148. The molecule has 1 aliphatic rings. The molecule has 7 nitrogen and oxygen atoms in total. The molecule has 0 fully saturated rings. The predicted octanol–water partition coefficient (Wildman–Crippen LogP) is 4.26. The Morgan fingerprint density at radius 3 is 2.50 bits per heavy atom. The van der Waals surface area contributed by atoms with Crippen molar-refractivity contribution in [2.75, 3.05) is 18.0 Å². The van der Waals surface area contributed by atoms with Gasteiger partial charge in [-0.1, -0.05) is 18.2 Å². The number of hydrogen-bond acceptors (Lipinski definition) is 7. The summed E-state index contributed by atoms with van der Waals surface area (Å²) < 4.78 is 37.4. The molecule has 1 unspecified atom stereocenters.